The Morgan fingerprint density at radius 1 is 1.46 bits per heavy atom. The van der Waals surface area contributed by atoms with E-state index < -0.39 is 0 Å². The molecule has 1 fully saturated rings. The van der Waals surface area contributed by atoms with E-state index in [0.29, 0.717) is 6.42 Å². The number of carbonyl (C=O) groups excluding carboxylic acids is 1. The quantitative estimate of drug-likeness (QED) is 0.872. The average Bonchev–Trinajstić information content (AvgIpc) is 3.01. The van der Waals surface area contributed by atoms with Gasteiger partial charge in [-0.25, -0.2) is 4.98 Å². The van der Waals surface area contributed by atoms with E-state index in [4.69, 9.17) is 0 Å². The topological polar surface area (TPSA) is 50.2 Å². The van der Waals surface area contributed by atoms with Crippen LogP contribution < -0.4 is 5.32 Å². The average molecular weight is 391 g/mol. The van der Waals surface area contributed by atoms with Crippen LogP contribution in [0, 0.1) is 6.92 Å². The Hall–Kier alpha value is -1.66. The molecule has 1 atom stereocenters. The molecule has 1 amide bonds. The van der Waals surface area contributed by atoms with E-state index in [0.717, 1.165) is 36.4 Å². The second kappa shape index (κ2) is 7.49. The molecule has 1 aromatic carbocycles. The molecule has 128 valence electrons. The molecule has 1 N–H and O–H groups in total. The second-order valence-electron chi connectivity index (χ2n) is 6.29. The lowest BCUT2D eigenvalue weighted by Gasteiger charge is -2.35. The number of amides is 1. The monoisotopic (exact) mass is 390 g/mol. The second-order valence-corrected chi connectivity index (χ2v) is 7.14. The molecule has 0 radical (unpaired) electrons. The van der Waals surface area contributed by atoms with Crippen molar-refractivity contribution >= 4 is 21.8 Å². The molecule has 1 unspecified atom stereocenters. The van der Waals surface area contributed by atoms with Crippen LogP contribution in [0.25, 0.3) is 0 Å². The molecule has 24 heavy (non-hydrogen) atoms. The van der Waals surface area contributed by atoms with E-state index >= 15 is 0 Å². The van der Waals surface area contributed by atoms with E-state index in [-0.39, 0.29) is 11.9 Å². The summed E-state index contributed by atoms with van der Waals surface area (Å²) in [4.78, 5) is 19.2. The minimum Gasteiger partial charge on any atom is -0.336 e. The molecule has 2 heterocycles. The molecule has 0 bridgehead atoms. The van der Waals surface area contributed by atoms with Crippen LogP contribution in [0.4, 0.5) is 0 Å². The number of nitrogens with zero attached hydrogens (tertiary/aromatic N) is 3. The molecular weight excluding hydrogens is 368 g/mol. The van der Waals surface area contributed by atoms with Gasteiger partial charge in [0.05, 0.1) is 0 Å². The fraction of sp³-hybridized carbons (Fsp3) is 0.444. The lowest BCUT2D eigenvalue weighted by atomic mass is 10.1. The molecule has 1 saturated heterocycles. The van der Waals surface area contributed by atoms with Gasteiger partial charge in [-0.2, -0.15) is 0 Å². The zero-order chi connectivity index (χ0) is 17.1. The Bertz CT molecular complexity index is 728. The van der Waals surface area contributed by atoms with E-state index in [1.165, 1.54) is 11.1 Å². The first-order valence-electron chi connectivity index (χ1n) is 8.28. The number of piperazine rings is 1. The van der Waals surface area contributed by atoms with E-state index in [2.05, 4.69) is 51.4 Å². The van der Waals surface area contributed by atoms with Gasteiger partial charge in [-0.3, -0.25) is 4.79 Å². The van der Waals surface area contributed by atoms with Gasteiger partial charge in [0.15, 0.2) is 0 Å². The maximum atomic E-state index is 12.8. The molecule has 2 aromatic rings. The van der Waals surface area contributed by atoms with Crippen molar-refractivity contribution in [1.29, 1.82) is 0 Å². The smallest absolute Gasteiger partial charge is 0.223 e. The van der Waals surface area contributed by atoms with Gasteiger partial charge in [0.2, 0.25) is 5.91 Å². The van der Waals surface area contributed by atoms with Crippen LogP contribution in [-0.4, -0.2) is 40.0 Å². The van der Waals surface area contributed by atoms with Crippen LogP contribution in [-0.2, 0) is 18.3 Å². The van der Waals surface area contributed by atoms with Gasteiger partial charge in [0, 0.05) is 50.0 Å². The maximum Gasteiger partial charge on any atom is 0.223 e. The van der Waals surface area contributed by atoms with Crippen molar-refractivity contribution in [2.45, 2.75) is 25.8 Å². The van der Waals surface area contributed by atoms with E-state index in [9.17, 15) is 4.79 Å². The molecule has 0 aliphatic carbocycles. The van der Waals surface area contributed by atoms with Crippen molar-refractivity contribution < 1.29 is 4.79 Å². The Balaban J connectivity index is 1.68. The molecule has 5 nitrogen and oxygen atoms in total. The van der Waals surface area contributed by atoms with Crippen LogP contribution in [0.1, 0.15) is 29.4 Å². The summed E-state index contributed by atoms with van der Waals surface area (Å²) < 4.78 is 3.10. The molecule has 1 aliphatic heterocycles. The van der Waals surface area contributed by atoms with Crippen molar-refractivity contribution in [3.63, 3.8) is 0 Å². The summed E-state index contributed by atoms with van der Waals surface area (Å²) in [5.41, 5.74) is 2.40. The standard InChI is InChI=1S/C18H23BrN4O/c1-13-11-14(3-5-15(13)19)4-6-17(24)23-10-7-20-12-16(23)18-21-8-9-22(18)2/h3,5,8-9,11,16,20H,4,6-7,10,12H2,1-2H3. The summed E-state index contributed by atoms with van der Waals surface area (Å²) in [6.07, 6.45) is 5.01. The van der Waals surface area contributed by atoms with Crippen molar-refractivity contribution in [1.82, 2.24) is 19.8 Å². The van der Waals surface area contributed by atoms with Crippen LogP contribution >= 0.6 is 15.9 Å². The van der Waals surface area contributed by atoms with Gasteiger partial charge >= 0.3 is 0 Å². The Kier molecular flexibility index (Phi) is 5.36. The third-order valence-electron chi connectivity index (χ3n) is 4.57. The molecule has 3 rings (SSSR count). The van der Waals surface area contributed by atoms with Gasteiger partial charge < -0.3 is 14.8 Å². The number of hydrogen-bond donors (Lipinski definition) is 1. The maximum absolute atomic E-state index is 12.8. The van der Waals surface area contributed by atoms with Crippen LogP contribution in [0.3, 0.4) is 0 Å². The highest BCUT2D eigenvalue weighted by molar-refractivity contribution is 9.10. The van der Waals surface area contributed by atoms with Gasteiger partial charge in [-0.15, -0.1) is 0 Å². The number of benzene rings is 1. The summed E-state index contributed by atoms with van der Waals surface area (Å²) >= 11 is 3.52. The van der Waals surface area contributed by atoms with E-state index in [1.807, 2.05) is 22.7 Å². The minimum absolute atomic E-state index is 0.0119. The highest BCUT2D eigenvalue weighted by atomic mass is 79.9. The van der Waals surface area contributed by atoms with Crippen molar-refractivity contribution in [3.05, 3.63) is 52.0 Å². The van der Waals surface area contributed by atoms with Gasteiger partial charge in [-0.1, -0.05) is 28.1 Å². The molecular formula is C18H23BrN4O. The fourth-order valence-corrected chi connectivity index (χ4v) is 3.44. The van der Waals surface area contributed by atoms with E-state index in [1.54, 1.807) is 6.20 Å². The van der Waals surface area contributed by atoms with Gasteiger partial charge in [-0.05, 0) is 30.5 Å². The highest BCUT2D eigenvalue weighted by Gasteiger charge is 2.29. The molecule has 0 saturated carbocycles. The highest BCUT2D eigenvalue weighted by Crippen LogP contribution is 2.22. The predicted octanol–water partition coefficient (Wildman–Crippen LogP) is 2.60. The largest absolute Gasteiger partial charge is 0.336 e. The molecule has 1 aliphatic rings. The number of rotatable bonds is 4. The molecule has 1 aromatic heterocycles. The lowest BCUT2D eigenvalue weighted by Crippen LogP contribution is -2.49. The van der Waals surface area contributed by atoms with Crippen LogP contribution in [0.15, 0.2) is 35.1 Å². The SMILES string of the molecule is Cc1cc(CCC(=O)N2CCNCC2c2nccn2C)ccc1Br. The number of carbonyl (C=O) groups is 1. The van der Waals surface area contributed by atoms with Crippen LogP contribution in [0.5, 0.6) is 0 Å². The Morgan fingerprint density at radius 3 is 3.00 bits per heavy atom. The van der Waals surface area contributed by atoms with Gasteiger partial charge in [0.25, 0.3) is 0 Å². The number of imidazole rings is 1. The first-order valence-corrected chi connectivity index (χ1v) is 9.08. The zero-order valence-electron chi connectivity index (χ0n) is 14.1. The number of hydrogen-bond acceptors (Lipinski definition) is 3. The summed E-state index contributed by atoms with van der Waals surface area (Å²) in [5, 5.41) is 3.37. The number of aryl methyl sites for hydroxylation is 3. The summed E-state index contributed by atoms with van der Waals surface area (Å²) in [6.45, 7) is 4.40. The van der Waals surface area contributed by atoms with Gasteiger partial charge in [0.1, 0.15) is 11.9 Å². The lowest BCUT2D eigenvalue weighted by molar-refractivity contribution is -0.134. The summed E-state index contributed by atoms with van der Waals surface area (Å²) in [6, 6.07) is 6.29. The normalized spacial score (nSPS) is 18.0. The summed E-state index contributed by atoms with van der Waals surface area (Å²) in [5.74, 6) is 1.14. The number of aromatic nitrogens is 2. The molecule has 0 spiro atoms. The zero-order valence-corrected chi connectivity index (χ0v) is 15.7. The third kappa shape index (κ3) is 3.70. The predicted molar refractivity (Wildman–Crippen MR) is 97.7 cm³/mol. The first kappa shape index (κ1) is 17.2. The third-order valence-corrected chi connectivity index (χ3v) is 5.46. The van der Waals surface area contributed by atoms with Crippen molar-refractivity contribution in [2.75, 3.05) is 19.6 Å². The summed E-state index contributed by atoms with van der Waals surface area (Å²) in [7, 11) is 1.98. The van der Waals surface area contributed by atoms with Crippen molar-refractivity contribution in [2.24, 2.45) is 7.05 Å². The van der Waals surface area contributed by atoms with Crippen molar-refractivity contribution in [3.8, 4) is 0 Å². The fourth-order valence-electron chi connectivity index (χ4n) is 3.19. The minimum atomic E-state index is 0.0119. The Labute approximate surface area is 151 Å². The first-order chi connectivity index (χ1) is 11.6. The van der Waals surface area contributed by atoms with Crippen LogP contribution in [0.2, 0.25) is 0 Å². The Morgan fingerprint density at radius 2 is 2.29 bits per heavy atom. The number of nitrogens with one attached hydrogen (secondary N) is 1. The number of halogens is 1. The molecule has 6 heteroatoms.